The summed E-state index contributed by atoms with van der Waals surface area (Å²) in [6.45, 7) is 5.62. The zero-order chi connectivity index (χ0) is 16.2. The van der Waals surface area contributed by atoms with Crippen molar-refractivity contribution in [1.29, 1.82) is 0 Å². The van der Waals surface area contributed by atoms with Crippen molar-refractivity contribution in [2.24, 2.45) is 5.92 Å². The summed E-state index contributed by atoms with van der Waals surface area (Å²) in [5, 5.41) is 16.7. The van der Waals surface area contributed by atoms with Gasteiger partial charge in [0, 0.05) is 31.1 Å². The Morgan fingerprint density at radius 2 is 1.96 bits per heavy atom. The summed E-state index contributed by atoms with van der Waals surface area (Å²) >= 11 is 0. The molecule has 0 amide bonds. The van der Waals surface area contributed by atoms with Gasteiger partial charge < -0.3 is 15.7 Å². The van der Waals surface area contributed by atoms with E-state index in [2.05, 4.69) is 39.7 Å². The highest BCUT2D eigenvalue weighted by atomic mass is 16.3. The van der Waals surface area contributed by atoms with Gasteiger partial charge in [-0.05, 0) is 25.5 Å². The second-order valence-electron chi connectivity index (χ2n) is 6.25. The Kier molecular flexibility index (Phi) is 4.88. The van der Waals surface area contributed by atoms with Crippen LogP contribution >= 0.6 is 0 Å². The van der Waals surface area contributed by atoms with Crippen LogP contribution in [0, 0.1) is 5.92 Å². The van der Waals surface area contributed by atoms with E-state index in [0.717, 1.165) is 18.8 Å². The number of nitrogens with zero attached hydrogens (tertiary/aromatic N) is 2. The van der Waals surface area contributed by atoms with E-state index >= 15 is 0 Å². The molecule has 1 fully saturated rings. The smallest absolute Gasteiger partial charge is 0.223 e. The molecular weight excluding hydrogens is 288 g/mol. The van der Waals surface area contributed by atoms with Gasteiger partial charge in [-0.15, -0.1) is 0 Å². The summed E-state index contributed by atoms with van der Waals surface area (Å²) in [4.78, 5) is 9.02. The summed E-state index contributed by atoms with van der Waals surface area (Å²) in [6.07, 6.45) is 1.45. The molecule has 0 radical (unpaired) electrons. The fourth-order valence-electron chi connectivity index (χ4n) is 3.20. The van der Waals surface area contributed by atoms with Crippen molar-refractivity contribution >= 4 is 5.95 Å². The molecule has 122 valence electrons. The van der Waals surface area contributed by atoms with Gasteiger partial charge >= 0.3 is 0 Å². The van der Waals surface area contributed by atoms with Crippen LogP contribution in [-0.2, 0) is 0 Å². The van der Waals surface area contributed by atoms with Crippen LogP contribution in [0.15, 0.2) is 42.6 Å². The lowest BCUT2D eigenvalue weighted by Gasteiger charge is -2.21. The minimum absolute atomic E-state index is 0.140. The minimum atomic E-state index is -0.343. The molecule has 3 N–H and O–H groups in total. The third-order valence-corrected chi connectivity index (χ3v) is 4.58. The highest BCUT2D eigenvalue weighted by Crippen LogP contribution is 2.29. The highest BCUT2D eigenvalue weighted by Gasteiger charge is 2.32. The number of rotatable bonds is 5. The molecule has 1 aromatic heterocycles. The number of hydrogen-bond acceptors (Lipinski definition) is 5. The van der Waals surface area contributed by atoms with Gasteiger partial charge in [0.05, 0.1) is 17.8 Å². The van der Waals surface area contributed by atoms with E-state index in [1.165, 1.54) is 5.56 Å². The van der Waals surface area contributed by atoms with Crippen LogP contribution in [0.5, 0.6) is 0 Å². The van der Waals surface area contributed by atoms with Crippen LogP contribution < -0.4 is 10.6 Å². The van der Waals surface area contributed by atoms with Gasteiger partial charge in [0.15, 0.2) is 0 Å². The topological polar surface area (TPSA) is 70.1 Å². The standard InChI is InChI=1S/C18H24N4O/c1-12(14-6-4-3-5-7-14)21-18-20-9-8-17(22-18)16-11-19-10-15(16)13(2)23/h3-9,12-13,15-16,19,23H,10-11H2,1-2H3,(H,20,21,22)/t12-,13+,15?,16-/m0/s1. The first kappa shape index (κ1) is 15.9. The van der Waals surface area contributed by atoms with E-state index in [0.29, 0.717) is 5.95 Å². The Bertz CT molecular complexity index is 632. The zero-order valence-electron chi connectivity index (χ0n) is 13.6. The van der Waals surface area contributed by atoms with Crippen LogP contribution in [0.3, 0.4) is 0 Å². The maximum Gasteiger partial charge on any atom is 0.223 e. The van der Waals surface area contributed by atoms with Crippen LogP contribution in [0.4, 0.5) is 5.95 Å². The van der Waals surface area contributed by atoms with Gasteiger partial charge in [0.1, 0.15) is 0 Å². The molecule has 23 heavy (non-hydrogen) atoms. The fraction of sp³-hybridized carbons (Fsp3) is 0.444. The second-order valence-corrected chi connectivity index (χ2v) is 6.25. The van der Waals surface area contributed by atoms with Gasteiger partial charge in [-0.1, -0.05) is 30.3 Å². The lowest BCUT2D eigenvalue weighted by Crippen LogP contribution is -2.24. The van der Waals surface area contributed by atoms with E-state index < -0.39 is 0 Å². The maximum atomic E-state index is 9.95. The average Bonchev–Trinajstić information content (AvgIpc) is 3.06. The number of hydrogen-bond donors (Lipinski definition) is 3. The average molecular weight is 312 g/mol. The van der Waals surface area contributed by atoms with Crippen molar-refractivity contribution in [2.75, 3.05) is 18.4 Å². The monoisotopic (exact) mass is 312 g/mol. The molecule has 1 aliphatic heterocycles. The van der Waals surface area contributed by atoms with Crippen molar-refractivity contribution in [3.63, 3.8) is 0 Å². The van der Waals surface area contributed by atoms with Gasteiger partial charge in [0.25, 0.3) is 0 Å². The van der Waals surface area contributed by atoms with Crippen molar-refractivity contribution in [1.82, 2.24) is 15.3 Å². The third-order valence-electron chi connectivity index (χ3n) is 4.58. The first-order valence-corrected chi connectivity index (χ1v) is 8.18. The Morgan fingerprint density at radius 1 is 1.17 bits per heavy atom. The number of aromatic nitrogens is 2. The first-order chi connectivity index (χ1) is 11.1. The summed E-state index contributed by atoms with van der Waals surface area (Å²) in [7, 11) is 0. The normalized spacial score (nSPS) is 23.4. The van der Waals surface area contributed by atoms with E-state index in [4.69, 9.17) is 0 Å². The summed E-state index contributed by atoms with van der Waals surface area (Å²) in [5.74, 6) is 1.06. The summed E-state index contributed by atoms with van der Waals surface area (Å²) in [5.41, 5.74) is 2.18. The number of aliphatic hydroxyl groups excluding tert-OH is 1. The molecule has 4 atom stereocenters. The molecule has 0 bridgehead atoms. The van der Waals surface area contributed by atoms with Gasteiger partial charge in [-0.3, -0.25) is 0 Å². The van der Waals surface area contributed by atoms with Gasteiger partial charge in [-0.25, -0.2) is 9.97 Å². The predicted octanol–water partition coefficient (Wildman–Crippen LogP) is 2.33. The van der Waals surface area contributed by atoms with Crippen LogP contribution in [0.1, 0.15) is 37.1 Å². The number of benzene rings is 1. The molecule has 1 aliphatic rings. The molecule has 0 spiro atoms. The van der Waals surface area contributed by atoms with Crippen LogP contribution in [0.25, 0.3) is 0 Å². The molecule has 5 nitrogen and oxygen atoms in total. The zero-order valence-corrected chi connectivity index (χ0v) is 13.6. The maximum absolute atomic E-state index is 9.95. The molecule has 5 heteroatoms. The molecule has 2 heterocycles. The lowest BCUT2D eigenvalue weighted by molar-refractivity contribution is 0.126. The van der Waals surface area contributed by atoms with E-state index in [1.807, 2.05) is 31.2 Å². The number of aliphatic hydroxyl groups is 1. The highest BCUT2D eigenvalue weighted by molar-refractivity contribution is 5.33. The Labute approximate surface area is 137 Å². The van der Waals surface area contributed by atoms with Crippen molar-refractivity contribution in [2.45, 2.75) is 31.9 Å². The van der Waals surface area contributed by atoms with E-state index in [-0.39, 0.29) is 24.0 Å². The van der Waals surface area contributed by atoms with Gasteiger partial charge in [-0.2, -0.15) is 0 Å². The molecule has 1 saturated heterocycles. The molecule has 0 saturated carbocycles. The van der Waals surface area contributed by atoms with Gasteiger partial charge in [0.2, 0.25) is 5.95 Å². The molecule has 0 aliphatic carbocycles. The molecular formula is C18H24N4O. The second kappa shape index (κ2) is 7.06. The quantitative estimate of drug-likeness (QED) is 0.790. The largest absolute Gasteiger partial charge is 0.393 e. The number of nitrogens with one attached hydrogen (secondary N) is 2. The SMILES string of the molecule is C[C@H](Nc1nccc([C@H]2CNCC2[C@@H](C)O)n1)c1ccccc1. The number of anilines is 1. The minimum Gasteiger partial charge on any atom is -0.393 e. The lowest BCUT2D eigenvalue weighted by atomic mass is 9.89. The fourth-order valence-corrected chi connectivity index (χ4v) is 3.20. The van der Waals surface area contributed by atoms with Crippen LogP contribution in [0.2, 0.25) is 0 Å². The van der Waals surface area contributed by atoms with E-state index in [1.54, 1.807) is 6.20 Å². The summed E-state index contributed by atoms with van der Waals surface area (Å²) in [6, 6.07) is 12.3. The summed E-state index contributed by atoms with van der Waals surface area (Å²) < 4.78 is 0. The molecule has 3 rings (SSSR count). The van der Waals surface area contributed by atoms with Crippen molar-refractivity contribution < 1.29 is 5.11 Å². The third kappa shape index (κ3) is 3.68. The molecule has 1 aromatic carbocycles. The molecule has 2 aromatic rings. The Morgan fingerprint density at radius 3 is 2.70 bits per heavy atom. The first-order valence-electron chi connectivity index (χ1n) is 8.18. The predicted molar refractivity (Wildman–Crippen MR) is 91.3 cm³/mol. The Hall–Kier alpha value is -1.98. The Balaban J connectivity index is 1.75. The van der Waals surface area contributed by atoms with Crippen molar-refractivity contribution in [3.05, 3.63) is 53.9 Å². The van der Waals surface area contributed by atoms with E-state index in [9.17, 15) is 5.11 Å². The van der Waals surface area contributed by atoms with Crippen molar-refractivity contribution in [3.8, 4) is 0 Å². The molecule has 1 unspecified atom stereocenters. The van der Waals surface area contributed by atoms with Crippen LogP contribution in [-0.4, -0.2) is 34.3 Å².